The Hall–Kier alpha value is -4.65. The summed E-state index contributed by atoms with van der Waals surface area (Å²) in [6.07, 6.45) is 6.89. The molecule has 0 saturated carbocycles. The number of benzene rings is 2. The number of nitrogens with zero attached hydrogens (tertiary/aromatic N) is 3. The van der Waals surface area contributed by atoms with Crippen LogP contribution in [0.4, 0.5) is 0 Å². The molecule has 3 nitrogen and oxygen atoms in total. The van der Waals surface area contributed by atoms with Crippen LogP contribution in [-0.2, 0) is 0 Å². The Balaban J connectivity index is 1.49. The SMILES string of the molecule is N#CC(c1ccc(C#Cc2ccncc2)cc1)c1ccc(C#Cc2ccncc2)cc1. The van der Waals surface area contributed by atoms with Crippen LogP contribution in [-0.4, -0.2) is 9.97 Å². The minimum atomic E-state index is -0.343. The Morgan fingerprint density at radius 2 is 0.806 bits per heavy atom. The maximum atomic E-state index is 9.76. The van der Waals surface area contributed by atoms with E-state index in [0.29, 0.717) is 0 Å². The van der Waals surface area contributed by atoms with Crippen molar-refractivity contribution in [2.24, 2.45) is 0 Å². The van der Waals surface area contributed by atoms with Gasteiger partial charge in [0, 0.05) is 47.0 Å². The number of pyridine rings is 2. The van der Waals surface area contributed by atoms with E-state index in [9.17, 15) is 5.26 Å². The van der Waals surface area contributed by atoms with E-state index in [1.165, 1.54) is 0 Å². The zero-order valence-electron chi connectivity index (χ0n) is 16.7. The van der Waals surface area contributed by atoms with Crippen LogP contribution < -0.4 is 0 Å². The van der Waals surface area contributed by atoms with Gasteiger partial charge in [0.25, 0.3) is 0 Å². The van der Waals surface area contributed by atoms with Crippen LogP contribution in [0.3, 0.4) is 0 Å². The van der Waals surface area contributed by atoms with Gasteiger partial charge in [-0.2, -0.15) is 5.26 Å². The third-order valence-electron chi connectivity index (χ3n) is 4.68. The lowest BCUT2D eigenvalue weighted by molar-refractivity contribution is 1.04. The molecule has 0 aliphatic carbocycles. The standard InChI is InChI=1S/C28H17N3/c29-21-28(26-9-5-22(6-10-26)1-3-24-13-17-30-18-14-24)27-11-7-23(8-12-27)2-4-25-15-19-31-20-16-25/h5-20,28H. The monoisotopic (exact) mass is 395 g/mol. The summed E-state index contributed by atoms with van der Waals surface area (Å²) in [5.41, 5.74) is 5.51. The predicted octanol–water partition coefficient (Wildman–Crippen LogP) is 4.93. The fraction of sp³-hybridized carbons (Fsp3) is 0.0357. The first-order chi connectivity index (χ1) is 15.3. The van der Waals surface area contributed by atoms with Gasteiger partial charge in [0.05, 0.1) is 12.0 Å². The van der Waals surface area contributed by atoms with Crippen LogP contribution in [0.1, 0.15) is 39.3 Å². The van der Waals surface area contributed by atoms with Crippen molar-refractivity contribution in [3.05, 3.63) is 131 Å². The first-order valence-corrected chi connectivity index (χ1v) is 9.75. The van der Waals surface area contributed by atoms with Crippen molar-refractivity contribution in [3.63, 3.8) is 0 Å². The van der Waals surface area contributed by atoms with Crippen LogP contribution in [0.15, 0.2) is 97.6 Å². The van der Waals surface area contributed by atoms with Crippen LogP contribution in [0.25, 0.3) is 0 Å². The molecule has 4 aromatic rings. The molecule has 2 aromatic heterocycles. The van der Waals surface area contributed by atoms with Crippen LogP contribution >= 0.6 is 0 Å². The van der Waals surface area contributed by atoms with Gasteiger partial charge in [-0.1, -0.05) is 47.9 Å². The van der Waals surface area contributed by atoms with E-state index in [1.54, 1.807) is 24.8 Å². The first kappa shape index (κ1) is 19.7. The molecule has 0 radical (unpaired) electrons. The molecular formula is C28H17N3. The van der Waals surface area contributed by atoms with E-state index in [1.807, 2.05) is 72.8 Å². The number of hydrogen-bond donors (Lipinski definition) is 0. The molecule has 4 rings (SSSR count). The second kappa shape index (κ2) is 9.71. The zero-order chi connectivity index (χ0) is 21.3. The molecule has 2 aromatic carbocycles. The maximum absolute atomic E-state index is 9.76. The van der Waals surface area contributed by atoms with Crippen molar-refractivity contribution in [2.45, 2.75) is 5.92 Å². The second-order valence-electron chi connectivity index (χ2n) is 6.78. The maximum Gasteiger partial charge on any atom is 0.0962 e. The topological polar surface area (TPSA) is 49.6 Å². The lowest BCUT2D eigenvalue weighted by atomic mass is 9.91. The molecule has 0 atom stereocenters. The van der Waals surface area contributed by atoms with Crippen molar-refractivity contribution in [1.29, 1.82) is 5.26 Å². The molecule has 0 amide bonds. The lowest BCUT2D eigenvalue weighted by Crippen LogP contribution is -1.98. The van der Waals surface area contributed by atoms with Crippen LogP contribution in [0, 0.1) is 35.0 Å². The highest BCUT2D eigenvalue weighted by Gasteiger charge is 2.13. The summed E-state index contributed by atoms with van der Waals surface area (Å²) in [5.74, 6) is 12.2. The average molecular weight is 395 g/mol. The molecule has 144 valence electrons. The van der Waals surface area contributed by atoms with E-state index < -0.39 is 0 Å². The predicted molar refractivity (Wildman–Crippen MR) is 121 cm³/mol. The van der Waals surface area contributed by atoms with Crippen LogP contribution in [0.2, 0.25) is 0 Å². The van der Waals surface area contributed by atoms with Crippen molar-refractivity contribution in [1.82, 2.24) is 9.97 Å². The van der Waals surface area contributed by atoms with Gasteiger partial charge in [-0.25, -0.2) is 0 Å². The summed E-state index contributed by atoms with van der Waals surface area (Å²) >= 11 is 0. The Morgan fingerprint density at radius 1 is 0.484 bits per heavy atom. The largest absolute Gasteiger partial charge is 0.265 e. The van der Waals surface area contributed by atoms with Crippen molar-refractivity contribution in [2.75, 3.05) is 0 Å². The lowest BCUT2D eigenvalue weighted by Gasteiger charge is -2.10. The number of hydrogen-bond acceptors (Lipinski definition) is 3. The second-order valence-corrected chi connectivity index (χ2v) is 6.78. The normalized spacial score (nSPS) is 9.68. The third-order valence-corrected chi connectivity index (χ3v) is 4.68. The Kier molecular flexibility index (Phi) is 6.16. The smallest absolute Gasteiger partial charge is 0.0962 e. The fourth-order valence-electron chi connectivity index (χ4n) is 3.02. The van der Waals surface area contributed by atoms with Gasteiger partial charge in [-0.3, -0.25) is 9.97 Å². The Labute approximate surface area is 182 Å². The van der Waals surface area contributed by atoms with Gasteiger partial charge < -0.3 is 0 Å². The van der Waals surface area contributed by atoms with E-state index in [-0.39, 0.29) is 5.92 Å². The highest BCUT2D eigenvalue weighted by molar-refractivity contribution is 5.48. The summed E-state index contributed by atoms with van der Waals surface area (Å²) in [6, 6.07) is 25.5. The van der Waals surface area contributed by atoms with Crippen LogP contribution in [0.5, 0.6) is 0 Å². The molecule has 0 aliphatic rings. The molecule has 0 saturated heterocycles. The van der Waals surface area contributed by atoms with Gasteiger partial charge in [0.2, 0.25) is 0 Å². The molecule has 0 bridgehead atoms. The molecule has 31 heavy (non-hydrogen) atoms. The van der Waals surface area contributed by atoms with Gasteiger partial charge in [-0.15, -0.1) is 0 Å². The van der Waals surface area contributed by atoms with Crippen molar-refractivity contribution >= 4 is 0 Å². The van der Waals surface area contributed by atoms with E-state index in [0.717, 1.165) is 33.4 Å². The summed E-state index contributed by atoms with van der Waals surface area (Å²) in [4.78, 5) is 7.98. The summed E-state index contributed by atoms with van der Waals surface area (Å²) in [7, 11) is 0. The molecule has 0 fully saturated rings. The number of aromatic nitrogens is 2. The van der Waals surface area contributed by atoms with E-state index in [2.05, 4.69) is 39.7 Å². The fourth-order valence-corrected chi connectivity index (χ4v) is 3.02. The van der Waals surface area contributed by atoms with Gasteiger partial charge in [0.15, 0.2) is 0 Å². The molecule has 3 heteroatoms. The average Bonchev–Trinajstić information content (AvgIpc) is 2.85. The molecule has 0 spiro atoms. The molecule has 0 aliphatic heterocycles. The highest BCUT2D eigenvalue weighted by atomic mass is 14.6. The van der Waals surface area contributed by atoms with Gasteiger partial charge in [-0.05, 0) is 59.7 Å². The van der Waals surface area contributed by atoms with E-state index >= 15 is 0 Å². The molecular weight excluding hydrogens is 378 g/mol. The van der Waals surface area contributed by atoms with Crippen molar-refractivity contribution < 1.29 is 0 Å². The van der Waals surface area contributed by atoms with E-state index in [4.69, 9.17) is 0 Å². The Bertz CT molecular complexity index is 1210. The third kappa shape index (κ3) is 5.24. The Morgan fingerprint density at radius 3 is 1.13 bits per heavy atom. The van der Waals surface area contributed by atoms with Gasteiger partial charge in [0.1, 0.15) is 0 Å². The number of rotatable bonds is 2. The first-order valence-electron chi connectivity index (χ1n) is 9.75. The molecule has 2 heterocycles. The summed E-state index contributed by atoms with van der Waals surface area (Å²) in [5, 5.41) is 9.76. The number of nitriles is 1. The highest BCUT2D eigenvalue weighted by Crippen LogP contribution is 2.24. The summed E-state index contributed by atoms with van der Waals surface area (Å²) < 4.78 is 0. The quantitative estimate of drug-likeness (QED) is 0.452. The zero-order valence-corrected chi connectivity index (χ0v) is 16.7. The van der Waals surface area contributed by atoms with Crippen molar-refractivity contribution in [3.8, 4) is 29.8 Å². The molecule has 0 N–H and O–H groups in total. The minimum absolute atomic E-state index is 0.343. The minimum Gasteiger partial charge on any atom is -0.265 e. The molecule has 0 unspecified atom stereocenters. The van der Waals surface area contributed by atoms with Gasteiger partial charge >= 0.3 is 0 Å². The summed E-state index contributed by atoms with van der Waals surface area (Å²) in [6.45, 7) is 0.